The third-order valence-electron chi connectivity index (χ3n) is 2.81. The second-order valence-electron chi connectivity index (χ2n) is 4.19. The molecular weight excluding hydrogens is 268 g/mol. The Balaban J connectivity index is 1.61. The van der Waals surface area contributed by atoms with Crippen molar-refractivity contribution in [3.63, 3.8) is 0 Å². The first-order valence-corrected chi connectivity index (χ1v) is 7.47. The summed E-state index contributed by atoms with van der Waals surface area (Å²) in [6.45, 7) is 0.943. The van der Waals surface area contributed by atoms with Crippen LogP contribution in [0, 0.1) is 0 Å². The molecule has 94 valence electrons. The molecule has 0 radical (unpaired) electrons. The van der Waals surface area contributed by atoms with E-state index < -0.39 is 0 Å². The highest BCUT2D eigenvalue weighted by molar-refractivity contribution is 8.01. The predicted molar refractivity (Wildman–Crippen MR) is 72.9 cm³/mol. The molecule has 1 saturated heterocycles. The number of aliphatic hydroxyl groups is 1. The fourth-order valence-corrected chi connectivity index (χ4v) is 3.76. The van der Waals surface area contributed by atoms with Gasteiger partial charge in [0.25, 0.3) is 0 Å². The van der Waals surface area contributed by atoms with E-state index in [1.807, 2.05) is 24.3 Å². The summed E-state index contributed by atoms with van der Waals surface area (Å²) in [5.41, 5.74) is 0.983. The fourth-order valence-electron chi connectivity index (χ4n) is 1.79. The van der Waals surface area contributed by atoms with Crippen LogP contribution in [0.15, 0.2) is 28.6 Å². The second-order valence-corrected chi connectivity index (χ2v) is 6.44. The highest BCUT2D eigenvalue weighted by Gasteiger charge is 2.28. The van der Waals surface area contributed by atoms with E-state index in [1.165, 1.54) is 11.8 Å². The SMILES string of the molecule is O=C(CSc1nc2ccccc2s1)N1CC(O)C1. The van der Waals surface area contributed by atoms with Crippen molar-refractivity contribution in [2.75, 3.05) is 18.8 Å². The topological polar surface area (TPSA) is 53.4 Å². The van der Waals surface area contributed by atoms with Gasteiger partial charge in [-0.05, 0) is 12.1 Å². The van der Waals surface area contributed by atoms with Crippen LogP contribution in [-0.4, -0.2) is 45.8 Å². The molecule has 18 heavy (non-hydrogen) atoms. The van der Waals surface area contributed by atoms with Crippen molar-refractivity contribution in [3.8, 4) is 0 Å². The summed E-state index contributed by atoms with van der Waals surface area (Å²) in [6, 6.07) is 7.96. The van der Waals surface area contributed by atoms with Gasteiger partial charge in [0.15, 0.2) is 4.34 Å². The van der Waals surface area contributed by atoms with Crippen LogP contribution < -0.4 is 0 Å². The summed E-state index contributed by atoms with van der Waals surface area (Å²) in [7, 11) is 0. The van der Waals surface area contributed by atoms with Crippen molar-refractivity contribution >= 4 is 39.2 Å². The first-order valence-electron chi connectivity index (χ1n) is 5.66. The van der Waals surface area contributed by atoms with Gasteiger partial charge < -0.3 is 10.0 Å². The second kappa shape index (κ2) is 4.87. The summed E-state index contributed by atoms with van der Waals surface area (Å²) in [6.07, 6.45) is -0.332. The molecule has 1 amide bonds. The Morgan fingerprint density at radius 3 is 3.00 bits per heavy atom. The van der Waals surface area contributed by atoms with E-state index >= 15 is 0 Å². The van der Waals surface area contributed by atoms with Gasteiger partial charge in [0, 0.05) is 13.1 Å². The van der Waals surface area contributed by atoms with Gasteiger partial charge >= 0.3 is 0 Å². The van der Waals surface area contributed by atoms with Crippen LogP contribution in [0.2, 0.25) is 0 Å². The number of hydrogen-bond acceptors (Lipinski definition) is 5. The maximum Gasteiger partial charge on any atom is 0.233 e. The van der Waals surface area contributed by atoms with Crippen molar-refractivity contribution in [2.45, 2.75) is 10.4 Å². The number of para-hydroxylation sites is 1. The molecule has 2 aromatic rings. The van der Waals surface area contributed by atoms with Gasteiger partial charge in [-0.25, -0.2) is 4.98 Å². The van der Waals surface area contributed by atoms with E-state index in [4.69, 9.17) is 5.11 Å². The third kappa shape index (κ3) is 2.36. The Labute approximate surface area is 113 Å². The minimum absolute atomic E-state index is 0.0737. The van der Waals surface area contributed by atoms with Crippen molar-refractivity contribution in [1.29, 1.82) is 0 Å². The molecule has 1 aliphatic rings. The standard InChI is InChI=1S/C12H12N2O2S2/c15-8-5-14(6-8)11(16)7-17-12-13-9-3-1-2-4-10(9)18-12/h1-4,8,15H,5-7H2. The molecule has 1 aliphatic heterocycles. The van der Waals surface area contributed by atoms with Crippen LogP contribution in [0.5, 0.6) is 0 Å². The van der Waals surface area contributed by atoms with Gasteiger partial charge in [-0.3, -0.25) is 4.79 Å². The molecule has 0 saturated carbocycles. The minimum Gasteiger partial charge on any atom is -0.389 e. The number of fused-ring (bicyclic) bond motifs is 1. The van der Waals surface area contributed by atoms with Crippen LogP contribution >= 0.6 is 23.1 Å². The molecule has 6 heteroatoms. The highest BCUT2D eigenvalue weighted by Crippen LogP contribution is 2.29. The number of β-amino-alcohol motifs (C(OH)–C–C–N with tert-alkyl or cyclic N) is 1. The monoisotopic (exact) mass is 280 g/mol. The average molecular weight is 280 g/mol. The van der Waals surface area contributed by atoms with Gasteiger partial charge in [-0.2, -0.15) is 0 Å². The van der Waals surface area contributed by atoms with E-state index in [9.17, 15) is 4.79 Å². The summed E-state index contributed by atoms with van der Waals surface area (Å²) in [4.78, 5) is 17.9. The average Bonchev–Trinajstić information content (AvgIpc) is 2.74. The van der Waals surface area contributed by atoms with Crippen LogP contribution in [0.4, 0.5) is 0 Å². The number of carbonyl (C=O) groups excluding carboxylic acids is 1. The Morgan fingerprint density at radius 1 is 1.50 bits per heavy atom. The molecule has 0 atom stereocenters. The molecule has 1 aromatic heterocycles. The van der Waals surface area contributed by atoms with Crippen LogP contribution in [0.1, 0.15) is 0 Å². The molecule has 4 nitrogen and oxygen atoms in total. The molecule has 3 rings (SSSR count). The minimum atomic E-state index is -0.332. The molecule has 0 bridgehead atoms. The maximum atomic E-state index is 11.7. The van der Waals surface area contributed by atoms with Gasteiger partial charge in [0.2, 0.25) is 5.91 Å². The number of aliphatic hydroxyl groups excluding tert-OH is 1. The number of rotatable bonds is 3. The number of likely N-dealkylation sites (tertiary alicyclic amines) is 1. The lowest BCUT2D eigenvalue weighted by atomic mass is 10.2. The van der Waals surface area contributed by atoms with Crippen LogP contribution in [0.3, 0.4) is 0 Å². The van der Waals surface area contributed by atoms with Crippen molar-refractivity contribution in [3.05, 3.63) is 24.3 Å². The van der Waals surface area contributed by atoms with Gasteiger partial charge in [0.05, 0.1) is 22.1 Å². The largest absolute Gasteiger partial charge is 0.389 e. The van der Waals surface area contributed by atoms with Gasteiger partial charge in [0.1, 0.15) is 0 Å². The number of nitrogens with zero attached hydrogens (tertiary/aromatic N) is 2. The zero-order valence-corrected chi connectivity index (χ0v) is 11.2. The molecular formula is C12H12N2O2S2. The highest BCUT2D eigenvalue weighted by atomic mass is 32.2. The smallest absolute Gasteiger partial charge is 0.233 e. The van der Waals surface area contributed by atoms with E-state index in [1.54, 1.807) is 16.2 Å². The Morgan fingerprint density at radius 2 is 2.28 bits per heavy atom. The lowest BCUT2D eigenvalue weighted by Gasteiger charge is -2.35. The van der Waals surface area contributed by atoms with E-state index in [2.05, 4.69) is 4.98 Å². The Hall–Kier alpha value is -1.11. The van der Waals surface area contributed by atoms with Gasteiger partial charge in [-0.1, -0.05) is 23.9 Å². The first kappa shape index (κ1) is 12.0. The Bertz CT molecular complexity index is 545. The number of aromatic nitrogens is 1. The van der Waals surface area contributed by atoms with Crippen molar-refractivity contribution < 1.29 is 9.90 Å². The summed E-state index contributed by atoms with van der Waals surface area (Å²) in [5.74, 6) is 0.469. The number of hydrogen-bond donors (Lipinski definition) is 1. The summed E-state index contributed by atoms with van der Waals surface area (Å²) in [5, 5.41) is 9.14. The number of carbonyl (C=O) groups is 1. The molecule has 1 fully saturated rings. The summed E-state index contributed by atoms with van der Waals surface area (Å²) < 4.78 is 2.07. The number of thiazole rings is 1. The molecule has 0 spiro atoms. The zero-order valence-electron chi connectivity index (χ0n) is 9.57. The van der Waals surface area contributed by atoms with Crippen LogP contribution in [0.25, 0.3) is 10.2 Å². The first-order chi connectivity index (χ1) is 8.72. The van der Waals surface area contributed by atoms with E-state index in [-0.39, 0.29) is 12.0 Å². The van der Waals surface area contributed by atoms with E-state index in [0.717, 1.165) is 14.6 Å². The van der Waals surface area contributed by atoms with Crippen molar-refractivity contribution in [2.24, 2.45) is 0 Å². The zero-order chi connectivity index (χ0) is 12.5. The molecule has 1 aromatic carbocycles. The molecule has 0 unspecified atom stereocenters. The molecule has 1 N–H and O–H groups in total. The predicted octanol–water partition coefficient (Wildman–Crippen LogP) is 1.59. The molecule has 0 aliphatic carbocycles. The normalized spacial score (nSPS) is 15.9. The summed E-state index contributed by atoms with van der Waals surface area (Å²) >= 11 is 3.08. The fraction of sp³-hybridized carbons (Fsp3) is 0.333. The third-order valence-corrected chi connectivity index (χ3v) is 4.97. The number of amides is 1. The van der Waals surface area contributed by atoms with E-state index in [0.29, 0.717) is 18.8 Å². The lowest BCUT2D eigenvalue weighted by Crippen LogP contribution is -2.54. The Kier molecular flexibility index (Phi) is 3.23. The maximum absolute atomic E-state index is 11.7. The molecule has 2 heterocycles. The van der Waals surface area contributed by atoms with Crippen molar-refractivity contribution in [1.82, 2.24) is 9.88 Å². The lowest BCUT2D eigenvalue weighted by molar-refractivity contribution is -0.138. The number of benzene rings is 1. The van der Waals surface area contributed by atoms with Gasteiger partial charge in [-0.15, -0.1) is 11.3 Å². The van der Waals surface area contributed by atoms with Crippen LogP contribution in [-0.2, 0) is 4.79 Å². The quantitative estimate of drug-likeness (QED) is 0.868. The number of thioether (sulfide) groups is 1.